The highest BCUT2D eigenvalue weighted by Crippen LogP contribution is 2.57. The number of ether oxygens (including phenoxy) is 1. The van der Waals surface area contributed by atoms with Crippen LogP contribution in [0.25, 0.3) is 0 Å². The number of carbonyl (C=O) groups is 1. The number of pyridine rings is 1. The zero-order chi connectivity index (χ0) is 15.4. The Morgan fingerprint density at radius 3 is 2.27 bits per heavy atom. The lowest BCUT2D eigenvalue weighted by Crippen LogP contribution is -2.54. The molecule has 118 valence electrons. The number of hydrogen-bond acceptors (Lipinski definition) is 3. The molecule has 3 nitrogen and oxygen atoms in total. The van der Waals surface area contributed by atoms with E-state index in [1.807, 2.05) is 26.0 Å². The minimum Gasteiger partial charge on any atom is -0.458 e. The van der Waals surface area contributed by atoms with Gasteiger partial charge >= 0.3 is 5.97 Å². The quantitative estimate of drug-likeness (QED) is 0.795. The molecule has 4 fully saturated rings. The van der Waals surface area contributed by atoms with Crippen molar-refractivity contribution in [3.63, 3.8) is 0 Å². The van der Waals surface area contributed by atoms with Crippen LogP contribution in [0, 0.1) is 17.8 Å². The predicted molar refractivity (Wildman–Crippen MR) is 84.3 cm³/mol. The summed E-state index contributed by atoms with van der Waals surface area (Å²) in [6, 6.07) is 3.85. The van der Waals surface area contributed by atoms with Crippen LogP contribution in [0.4, 0.5) is 0 Å². The van der Waals surface area contributed by atoms with Gasteiger partial charge in [0.2, 0.25) is 0 Å². The highest BCUT2D eigenvalue weighted by atomic mass is 16.6. The van der Waals surface area contributed by atoms with Gasteiger partial charge in [0.05, 0.1) is 5.41 Å². The number of nitrogens with zero attached hydrogens (tertiary/aromatic N) is 1. The fraction of sp³-hybridized carbons (Fsp3) is 0.684. The van der Waals surface area contributed by atoms with Crippen molar-refractivity contribution >= 4 is 5.97 Å². The topological polar surface area (TPSA) is 39.2 Å². The molecular weight excluding hydrogens is 274 g/mol. The van der Waals surface area contributed by atoms with Crippen LogP contribution in [0.1, 0.15) is 57.9 Å². The van der Waals surface area contributed by atoms with Gasteiger partial charge in [0.1, 0.15) is 5.60 Å². The third kappa shape index (κ3) is 2.26. The minimum absolute atomic E-state index is 0.0811. The van der Waals surface area contributed by atoms with Gasteiger partial charge in [0, 0.05) is 12.4 Å². The van der Waals surface area contributed by atoms with Gasteiger partial charge in [-0.05, 0) is 81.8 Å². The van der Waals surface area contributed by atoms with Gasteiger partial charge in [-0.25, -0.2) is 0 Å². The van der Waals surface area contributed by atoms with Crippen LogP contribution in [0.5, 0.6) is 0 Å². The van der Waals surface area contributed by atoms with Crippen LogP contribution >= 0.6 is 0 Å². The maximum absolute atomic E-state index is 12.9. The van der Waals surface area contributed by atoms with E-state index in [2.05, 4.69) is 4.98 Å². The molecule has 0 aromatic carbocycles. The van der Waals surface area contributed by atoms with Gasteiger partial charge in [-0.15, -0.1) is 0 Å². The molecule has 4 aliphatic carbocycles. The Bertz CT molecular complexity index is 543. The molecular formula is C19H25NO2. The second-order valence-corrected chi connectivity index (χ2v) is 8.36. The first kappa shape index (κ1) is 14.2. The van der Waals surface area contributed by atoms with Gasteiger partial charge in [-0.2, -0.15) is 0 Å². The summed E-state index contributed by atoms with van der Waals surface area (Å²) in [6.07, 6.45) is 10.9. The van der Waals surface area contributed by atoms with E-state index < -0.39 is 5.41 Å². The van der Waals surface area contributed by atoms with E-state index in [4.69, 9.17) is 4.74 Å². The first-order valence-corrected chi connectivity index (χ1v) is 8.61. The summed E-state index contributed by atoms with van der Waals surface area (Å²) in [4.78, 5) is 17.1. The lowest BCUT2D eigenvalue weighted by Gasteiger charge is -2.56. The van der Waals surface area contributed by atoms with E-state index in [1.165, 1.54) is 19.3 Å². The smallest absolute Gasteiger partial charge is 0.316 e. The molecule has 22 heavy (non-hydrogen) atoms. The molecule has 0 amide bonds. The van der Waals surface area contributed by atoms with Crippen molar-refractivity contribution in [3.8, 4) is 0 Å². The number of hydrogen-bond donors (Lipinski definition) is 0. The molecule has 0 unspecified atom stereocenters. The number of rotatable bonds is 3. The standard InChI is InChI=1S/C19H25NO2/c1-18(2,16-4-3-5-20-12-16)17(21)22-19-9-13-6-14(10-19)8-15(7-13)11-19/h3-5,12-15H,6-11H2,1-2H3. The molecule has 5 rings (SSSR count). The summed E-state index contributed by atoms with van der Waals surface area (Å²) in [5, 5.41) is 0. The van der Waals surface area contributed by atoms with Crippen LogP contribution in [0.2, 0.25) is 0 Å². The van der Waals surface area contributed by atoms with Crippen molar-refractivity contribution in [3.05, 3.63) is 30.1 Å². The number of aromatic nitrogens is 1. The maximum atomic E-state index is 12.9. The van der Waals surface area contributed by atoms with Crippen molar-refractivity contribution in [1.82, 2.24) is 4.98 Å². The average molecular weight is 299 g/mol. The molecule has 1 aromatic heterocycles. The van der Waals surface area contributed by atoms with Crippen molar-refractivity contribution in [2.24, 2.45) is 17.8 Å². The Morgan fingerprint density at radius 2 is 1.77 bits per heavy atom. The lowest BCUT2D eigenvalue weighted by molar-refractivity contribution is -0.191. The zero-order valence-electron chi connectivity index (χ0n) is 13.5. The summed E-state index contributed by atoms with van der Waals surface area (Å²) in [6.45, 7) is 3.90. The molecule has 1 aromatic rings. The highest BCUT2D eigenvalue weighted by molar-refractivity contribution is 5.82. The van der Waals surface area contributed by atoms with E-state index in [9.17, 15) is 4.79 Å². The Balaban J connectivity index is 1.55. The van der Waals surface area contributed by atoms with Gasteiger partial charge < -0.3 is 4.74 Å². The van der Waals surface area contributed by atoms with E-state index in [0.29, 0.717) is 0 Å². The fourth-order valence-electron chi connectivity index (χ4n) is 5.33. The second kappa shape index (κ2) is 4.81. The first-order valence-electron chi connectivity index (χ1n) is 8.61. The highest BCUT2D eigenvalue weighted by Gasteiger charge is 2.54. The lowest BCUT2D eigenvalue weighted by atomic mass is 9.54. The molecule has 0 radical (unpaired) electrons. The summed E-state index contributed by atoms with van der Waals surface area (Å²) in [7, 11) is 0. The molecule has 4 saturated carbocycles. The van der Waals surface area contributed by atoms with Crippen LogP contribution in [0.15, 0.2) is 24.5 Å². The average Bonchev–Trinajstić information content (AvgIpc) is 2.46. The van der Waals surface area contributed by atoms with E-state index in [0.717, 1.165) is 42.6 Å². The van der Waals surface area contributed by atoms with Gasteiger partial charge in [0.15, 0.2) is 0 Å². The molecule has 0 spiro atoms. The SMILES string of the molecule is CC(C)(C(=O)OC12CC3CC(CC(C3)C1)C2)c1cccnc1. The van der Waals surface area contributed by atoms with Crippen LogP contribution in [0.3, 0.4) is 0 Å². The number of carbonyl (C=O) groups excluding carboxylic acids is 1. The van der Waals surface area contributed by atoms with Crippen molar-refractivity contribution in [2.75, 3.05) is 0 Å². The van der Waals surface area contributed by atoms with Gasteiger partial charge in [-0.3, -0.25) is 9.78 Å². The molecule has 0 atom stereocenters. The summed E-state index contributed by atoms with van der Waals surface area (Å²) in [5.74, 6) is 2.30. The zero-order valence-corrected chi connectivity index (χ0v) is 13.5. The summed E-state index contributed by atoms with van der Waals surface area (Å²) < 4.78 is 6.20. The third-order valence-electron chi connectivity index (χ3n) is 6.18. The Kier molecular flexibility index (Phi) is 3.11. The van der Waals surface area contributed by atoms with Crippen molar-refractivity contribution < 1.29 is 9.53 Å². The maximum Gasteiger partial charge on any atom is 0.316 e. The monoisotopic (exact) mass is 299 g/mol. The van der Waals surface area contributed by atoms with E-state index in [1.54, 1.807) is 12.4 Å². The predicted octanol–water partition coefficient (Wildman–Crippen LogP) is 3.87. The minimum atomic E-state index is -0.627. The second-order valence-electron chi connectivity index (χ2n) is 8.36. The van der Waals surface area contributed by atoms with Gasteiger partial charge in [-0.1, -0.05) is 6.07 Å². The first-order chi connectivity index (χ1) is 10.5. The fourth-order valence-corrected chi connectivity index (χ4v) is 5.33. The normalized spacial score (nSPS) is 36.4. The molecule has 1 heterocycles. The Hall–Kier alpha value is -1.38. The molecule has 4 bridgehead atoms. The van der Waals surface area contributed by atoms with Crippen LogP contribution in [-0.4, -0.2) is 16.6 Å². The molecule has 0 saturated heterocycles. The van der Waals surface area contributed by atoms with Gasteiger partial charge in [0.25, 0.3) is 0 Å². The Morgan fingerprint density at radius 1 is 1.18 bits per heavy atom. The molecule has 0 N–H and O–H groups in total. The van der Waals surface area contributed by atoms with E-state index >= 15 is 0 Å². The third-order valence-corrected chi connectivity index (χ3v) is 6.18. The summed E-state index contributed by atoms with van der Waals surface area (Å²) >= 11 is 0. The van der Waals surface area contributed by atoms with Crippen LogP contribution < -0.4 is 0 Å². The molecule has 4 aliphatic rings. The molecule has 3 heteroatoms. The molecule has 0 aliphatic heterocycles. The van der Waals surface area contributed by atoms with Crippen LogP contribution in [-0.2, 0) is 14.9 Å². The van der Waals surface area contributed by atoms with Crippen molar-refractivity contribution in [1.29, 1.82) is 0 Å². The number of esters is 1. The van der Waals surface area contributed by atoms with E-state index in [-0.39, 0.29) is 11.6 Å². The Labute approximate surface area is 132 Å². The van der Waals surface area contributed by atoms with Crippen molar-refractivity contribution in [2.45, 2.75) is 63.4 Å². The summed E-state index contributed by atoms with van der Waals surface area (Å²) in [5.41, 5.74) is 0.146. The largest absolute Gasteiger partial charge is 0.458 e.